The first-order valence-electron chi connectivity index (χ1n) is 10.3. The Morgan fingerprint density at radius 1 is 1.10 bits per heavy atom. The van der Waals surface area contributed by atoms with Crippen molar-refractivity contribution in [2.75, 3.05) is 19.6 Å². The van der Waals surface area contributed by atoms with E-state index in [4.69, 9.17) is 16.6 Å². The topological polar surface area (TPSA) is 56.7 Å². The molecule has 0 aliphatic carbocycles. The summed E-state index contributed by atoms with van der Waals surface area (Å²) in [6.45, 7) is 5.82. The van der Waals surface area contributed by atoms with Crippen molar-refractivity contribution in [3.8, 4) is 0 Å². The third kappa shape index (κ3) is 6.79. The number of carbonyl (C=O) groups excluding carboxylic acids is 1. The van der Waals surface area contributed by atoms with Crippen LogP contribution in [0.5, 0.6) is 0 Å². The highest BCUT2D eigenvalue weighted by Crippen LogP contribution is 2.15. The Balaban J connectivity index is 1.54. The fourth-order valence-electron chi connectivity index (χ4n) is 3.41. The summed E-state index contributed by atoms with van der Waals surface area (Å²) in [7, 11) is 0. The van der Waals surface area contributed by atoms with Gasteiger partial charge in [-0.2, -0.15) is 0 Å². The van der Waals surface area contributed by atoms with Crippen LogP contribution in [0.2, 0.25) is 5.02 Å². The van der Waals surface area contributed by atoms with E-state index in [1.807, 2.05) is 35.2 Å². The minimum absolute atomic E-state index is 0.257. The number of aliphatic imine (C=N–C) groups is 1. The molecule has 1 fully saturated rings. The van der Waals surface area contributed by atoms with Crippen molar-refractivity contribution < 1.29 is 4.79 Å². The molecule has 2 N–H and O–H groups in total. The highest BCUT2D eigenvalue weighted by Gasteiger charge is 2.19. The van der Waals surface area contributed by atoms with E-state index in [0.29, 0.717) is 19.5 Å². The Morgan fingerprint density at radius 3 is 2.62 bits per heavy atom. The van der Waals surface area contributed by atoms with Crippen molar-refractivity contribution in [2.24, 2.45) is 4.99 Å². The van der Waals surface area contributed by atoms with Crippen LogP contribution in [0.15, 0.2) is 53.5 Å². The number of carbonyl (C=O) groups is 1. The van der Waals surface area contributed by atoms with Crippen LogP contribution < -0.4 is 10.6 Å². The largest absolute Gasteiger partial charge is 0.357 e. The van der Waals surface area contributed by atoms with E-state index in [2.05, 4.69) is 35.8 Å². The van der Waals surface area contributed by atoms with E-state index >= 15 is 0 Å². The molecule has 0 atom stereocenters. The Hall–Kier alpha value is -2.53. The van der Waals surface area contributed by atoms with Gasteiger partial charge < -0.3 is 15.5 Å². The van der Waals surface area contributed by atoms with Crippen LogP contribution >= 0.6 is 11.6 Å². The van der Waals surface area contributed by atoms with Crippen LogP contribution in [0.25, 0.3) is 0 Å². The van der Waals surface area contributed by atoms with Gasteiger partial charge in [0, 0.05) is 37.6 Å². The summed E-state index contributed by atoms with van der Waals surface area (Å²) >= 11 is 5.94. The fourth-order valence-corrected chi connectivity index (χ4v) is 3.53. The standard InChI is InChI=1S/C23H29ClN4O/c1-2-25-23(26-13-12-18-8-10-21(24)11-9-18)27-16-19-5-3-6-20(15-19)17-28-14-4-7-22(28)29/h3,5-6,8-11,15H,2,4,7,12-14,16-17H2,1H3,(H2,25,26,27). The Labute approximate surface area is 178 Å². The molecule has 1 amide bonds. The van der Waals surface area contributed by atoms with Crippen LogP contribution in [0.4, 0.5) is 0 Å². The summed E-state index contributed by atoms with van der Waals surface area (Å²) in [5.41, 5.74) is 3.54. The molecule has 1 aliphatic heterocycles. The summed E-state index contributed by atoms with van der Waals surface area (Å²) in [4.78, 5) is 18.5. The number of rotatable bonds is 8. The van der Waals surface area contributed by atoms with Crippen LogP contribution in [-0.2, 0) is 24.3 Å². The average Bonchev–Trinajstić information content (AvgIpc) is 3.12. The van der Waals surface area contributed by atoms with Crippen LogP contribution in [0.1, 0.15) is 36.5 Å². The maximum Gasteiger partial charge on any atom is 0.222 e. The van der Waals surface area contributed by atoms with Gasteiger partial charge in [-0.1, -0.05) is 48.0 Å². The zero-order valence-corrected chi connectivity index (χ0v) is 17.7. The van der Waals surface area contributed by atoms with E-state index in [-0.39, 0.29) is 5.91 Å². The summed E-state index contributed by atoms with van der Waals surface area (Å²) in [6.07, 6.45) is 2.55. The second-order valence-corrected chi connectivity index (χ2v) is 7.67. The molecule has 2 aromatic rings. The number of hydrogen-bond donors (Lipinski definition) is 2. The molecule has 0 bridgehead atoms. The second kappa shape index (κ2) is 10.9. The molecule has 0 saturated carbocycles. The summed E-state index contributed by atoms with van der Waals surface area (Å²) < 4.78 is 0. The number of likely N-dealkylation sites (tertiary alicyclic amines) is 1. The van der Waals surface area contributed by atoms with Crippen molar-refractivity contribution in [3.05, 3.63) is 70.2 Å². The number of guanidine groups is 1. The van der Waals surface area contributed by atoms with Gasteiger partial charge in [0.15, 0.2) is 5.96 Å². The summed E-state index contributed by atoms with van der Waals surface area (Å²) in [5, 5.41) is 7.44. The smallest absolute Gasteiger partial charge is 0.222 e. The van der Waals surface area contributed by atoms with Crippen molar-refractivity contribution in [1.29, 1.82) is 0 Å². The number of nitrogens with one attached hydrogen (secondary N) is 2. The van der Waals surface area contributed by atoms with E-state index in [1.165, 1.54) is 5.56 Å². The molecule has 29 heavy (non-hydrogen) atoms. The van der Waals surface area contributed by atoms with Crippen molar-refractivity contribution in [1.82, 2.24) is 15.5 Å². The van der Waals surface area contributed by atoms with Gasteiger partial charge in [-0.05, 0) is 48.6 Å². The highest BCUT2D eigenvalue weighted by molar-refractivity contribution is 6.30. The molecule has 5 nitrogen and oxygen atoms in total. The molecule has 1 heterocycles. The van der Waals surface area contributed by atoms with E-state index < -0.39 is 0 Å². The fraction of sp³-hybridized carbons (Fsp3) is 0.391. The van der Waals surface area contributed by atoms with Crippen LogP contribution in [0.3, 0.4) is 0 Å². The zero-order chi connectivity index (χ0) is 20.5. The molecule has 1 aliphatic rings. The van der Waals surface area contributed by atoms with Crippen molar-refractivity contribution in [3.63, 3.8) is 0 Å². The van der Waals surface area contributed by atoms with E-state index in [1.54, 1.807) is 0 Å². The highest BCUT2D eigenvalue weighted by atomic mass is 35.5. The lowest BCUT2D eigenvalue weighted by atomic mass is 10.1. The first kappa shape index (κ1) is 21.2. The van der Waals surface area contributed by atoms with Crippen LogP contribution in [0, 0.1) is 0 Å². The van der Waals surface area contributed by atoms with Crippen molar-refractivity contribution in [2.45, 2.75) is 39.3 Å². The Bertz CT molecular complexity index is 835. The molecule has 0 radical (unpaired) electrons. The number of benzene rings is 2. The molecular weight excluding hydrogens is 384 g/mol. The van der Waals surface area contributed by atoms with Gasteiger partial charge in [-0.25, -0.2) is 4.99 Å². The quantitative estimate of drug-likeness (QED) is 0.512. The van der Waals surface area contributed by atoms with E-state index in [9.17, 15) is 4.79 Å². The monoisotopic (exact) mass is 412 g/mol. The summed E-state index contributed by atoms with van der Waals surface area (Å²) in [5.74, 6) is 1.06. The third-order valence-electron chi connectivity index (χ3n) is 4.92. The maximum absolute atomic E-state index is 11.9. The third-order valence-corrected chi connectivity index (χ3v) is 5.17. The molecule has 3 rings (SSSR count). The number of halogens is 1. The molecule has 0 unspecified atom stereocenters. The molecule has 1 saturated heterocycles. The van der Waals surface area contributed by atoms with Gasteiger partial charge in [0.25, 0.3) is 0 Å². The van der Waals surface area contributed by atoms with Gasteiger partial charge in [0.2, 0.25) is 5.91 Å². The van der Waals surface area contributed by atoms with Crippen molar-refractivity contribution >= 4 is 23.5 Å². The number of nitrogens with zero attached hydrogens (tertiary/aromatic N) is 2. The van der Waals surface area contributed by atoms with Crippen LogP contribution in [-0.4, -0.2) is 36.4 Å². The van der Waals surface area contributed by atoms with E-state index in [0.717, 1.165) is 54.6 Å². The summed E-state index contributed by atoms with van der Waals surface area (Å²) in [6, 6.07) is 16.3. The Kier molecular flexibility index (Phi) is 7.94. The SMILES string of the molecule is CCNC(=NCc1cccc(CN2CCCC2=O)c1)NCCc1ccc(Cl)cc1. The van der Waals surface area contributed by atoms with Gasteiger partial charge in [0.1, 0.15) is 0 Å². The minimum Gasteiger partial charge on any atom is -0.357 e. The molecule has 0 spiro atoms. The van der Waals surface area contributed by atoms with Gasteiger partial charge >= 0.3 is 0 Å². The predicted molar refractivity (Wildman–Crippen MR) is 119 cm³/mol. The molecule has 2 aromatic carbocycles. The predicted octanol–water partition coefficient (Wildman–Crippen LogP) is 3.76. The normalized spacial score (nSPS) is 14.3. The maximum atomic E-state index is 11.9. The lowest BCUT2D eigenvalue weighted by Crippen LogP contribution is -2.38. The minimum atomic E-state index is 0.257. The number of hydrogen-bond acceptors (Lipinski definition) is 2. The van der Waals surface area contributed by atoms with Gasteiger partial charge in [-0.15, -0.1) is 0 Å². The molecule has 0 aromatic heterocycles. The van der Waals surface area contributed by atoms with Gasteiger partial charge in [0.05, 0.1) is 6.54 Å². The van der Waals surface area contributed by atoms with Gasteiger partial charge in [-0.3, -0.25) is 4.79 Å². The first-order chi connectivity index (χ1) is 14.1. The number of amides is 1. The zero-order valence-electron chi connectivity index (χ0n) is 17.0. The lowest BCUT2D eigenvalue weighted by Gasteiger charge is -2.16. The second-order valence-electron chi connectivity index (χ2n) is 7.24. The average molecular weight is 413 g/mol. The Morgan fingerprint density at radius 2 is 1.90 bits per heavy atom. The molecule has 6 heteroatoms. The lowest BCUT2D eigenvalue weighted by molar-refractivity contribution is -0.128. The first-order valence-corrected chi connectivity index (χ1v) is 10.6. The molecule has 154 valence electrons. The molecular formula is C23H29ClN4O.